The second kappa shape index (κ2) is 11.8. The highest BCUT2D eigenvalue weighted by Gasteiger charge is 2.13. The van der Waals surface area contributed by atoms with E-state index >= 15 is 0 Å². The summed E-state index contributed by atoms with van der Waals surface area (Å²) in [6.07, 6.45) is 1.86. The average Bonchev–Trinajstić information content (AvgIpc) is 3.08. The maximum absolute atomic E-state index is 11.9. The molecule has 0 radical (unpaired) electrons. The molecular weight excluding hydrogens is 479 g/mol. The number of ether oxygens (including phenoxy) is 2. The van der Waals surface area contributed by atoms with Crippen LogP contribution in [-0.2, 0) is 17.8 Å². The van der Waals surface area contributed by atoms with E-state index in [2.05, 4.69) is 20.6 Å². The number of aliphatic imine (C=N–C) groups is 1. The summed E-state index contributed by atoms with van der Waals surface area (Å²) < 4.78 is 10.0. The highest BCUT2D eigenvalue weighted by Crippen LogP contribution is 2.21. The van der Waals surface area contributed by atoms with Crippen molar-refractivity contribution in [2.75, 3.05) is 20.8 Å². The number of carbonyl (C=O) groups excluding carboxylic acids is 1. The lowest BCUT2D eigenvalue weighted by atomic mass is 10.1. The molecule has 0 amide bonds. The van der Waals surface area contributed by atoms with Crippen molar-refractivity contribution in [2.45, 2.75) is 26.9 Å². The molecule has 7 nitrogen and oxygen atoms in total. The lowest BCUT2D eigenvalue weighted by molar-refractivity contribution is 0.0597. The molecule has 1 heterocycles. The summed E-state index contributed by atoms with van der Waals surface area (Å²) in [7, 11) is 2.87. The summed E-state index contributed by atoms with van der Waals surface area (Å²) in [5.74, 6) is 0.737. The molecule has 2 N–H and O–H groups in total. The second-order valence-electron chi connectivity index (χ2n) is 5.44. The molecule has 0 unspecified atom stereocenters. The summed E-state index contributed by atoms with van der Waals surface area (Å²) in [4.78, 5) is 22.0. The third kappa shape index (κ3) is 6.98. The van der Waals surface area contributed by atoms with Crippen LogP contribution in [0.1, 0.15) is 32.7 Å². The van der Waals surface area contributed by atoms with Crippen LogP contribution in [0.2, 0.25) is 0 Å². The van der Waals surface area contributed by atoms with Crippen molar-refractivity contribution in [2.24, 2.45) is 4.99 Å². The molecule has 0 aliphatic heterocycles. The molecule has 2 aromatic rings. The molecule has 9 heteroatoms. The van der Waals surface area contributed by atoms with Gasteiger partial charge in [-0.25, -0.2) is 14.8 Å². The van der Waals surface area contributed by atoms with Crippen LogP contribution in [0, 0.1) is 6.92 Å². The number of nitrogens with one attached hydrogen (secondary N) is 2. The van der Waals surface area contributed by atoms with Gasteiger partial charge in [0.15, 0.2) is 5.96 Å². The van der Waals surface area contributed by atoms with Crippen LogP contribution in [0.4, 0.5) is 0 Å². The van der Waals surface area contributed by atoms with Crippen molar-refractivity contribution >= 4 is 47.2 Å². The quantitative estimate of drug-likeness (QED) is 0.261. The van der Waals surface area contributed by atoms with Crippen molar-refractivity contribution in [3.8, 4) is 5.75 Å². The summed E-state index contributed by atoms with van der Waals surface area (Å²) in [6.45, 7) is 5.82. The number of halogens is 1. The molecule has 2 rings (SSSR count). The standard InChI is InChI=1S/C18H24N4O3S.HI/c1-5-19-18(22-11-16-20-9-12(2)26-16)21-10-13-6-7-15(24-3)14(8-13)17(23)25-4;/h6-9H,5,10-11H2,1-4H3,(H2,19,21,22);1H. The largest absolute Gasteiger partial charge is 0.496 e. The summed E-state index contributed by atoms with van der Waals surface area (Å²) >= 11 is 1.65. The van der Waals surface area contributed by atoms with Crippen LogP contribution < -0.4 is 15.4 Å². The number of nitrogens with zero attached hydrogens (tertiary/aromatic N) is 2. The van der Waals surface area contributed by atoms with Gasteiger partial charge in [-0.05, 0) is 31.5 Å². The minimum absolute atomic E-state index is 0. The van der Waals surface area contributed by atoms with E-state index in [-0.39, 0.29) is 24.0 Å². The Bertz CT molecular complexity index is 780. The maximum atomic E-state index is 11.9. The number of aromatic nitrogens is 1. The number of esters is 1. The van der Waals surface area contributed by atoms with E-state index in [1.807, 2.05) is 26.1 Å². The Kier molecular flexibility index (Phi) is 10.1. The molecule has 0 aliphatic rings. The van der Waals surface area contributed by atoms with Gasteiger partial charge in [0, 0.05) is 17.6 Å². The van der Waals surface area contributed by atoms with Crippen LogP contribution in [0.15, 0.2) is 29.4 Å². The molecule has 0 saturated heterocycles. The lowest BCUT2D eigenvalue weighted by Crippen LogP contribution is -2.36. The smallest absolute Gasteiger partial charge is 0.341 e. The number of hydrogen-bond donors (Lipinski definition) is 2. The zero-order valence-electron chi connectivity index (χ0n) is 15.9. The Hall–Kier alpha value is -1.88. The third-order valence-electron chi connectivity index (χ3n) is 3.51. The lowest BCUT2D eigenvalue weighted by Gasteiger charge is -2.11. The SMILES string of the molecule is CCNC(=NCc1ccc(OC)c(C(=O)OC)c1)NCc1ncc(C)s1.I. The molecule has 0 bridgehead atoms. The average molecular weight is 504 g/mol. The molecule has 0 spiro atoms. The number of guanidine groups is 1. The molecule has 27 heavy (non-hydrogen) atoms. The summed E-state index contributed by atoms with van der Waals surface area (Å²) in [6, 6.07) is 5.36. The first-order chi connectivity index (χ1) is 12.6. The molecule has 0 fully saturated rings. The first-order valence-electron chi connectivity index (χ1n) is 8.26. The molecule has 148 valence electrons. The predicted molar refractivity (Wildman–Crippen MR) is 118 cm³/mol. The van der Waals surface area contributed by atoms with E-state index in [0.29, 0.717) is 30.4 Å². The number of hydrogen-bond acceptors (Lipinski definition) is 6. The fourth-order valence-electron chi connectivity index (χ4n) is 2.28. The van der Waals surface area contributed by atoms with Gasteiger partial charge in [0.2, 0.25) is 0 Å². The number of aryl methyl sites for hydroxylation is 1. The third-order valence-corrected chi connectivity index (χ3v) is 4.42. The Morgan fingerprint density at radius 3 is 2.67 bits per heavy atom. The normalized spacial score (nSPS) is 10.7. The van der Waals surface area contributed by atoms with Crippen LogP contribution in [-0.4, -0.2) is 37.7 Å². The Labute approximate surface area is 180 Å². The number of rotatable bonds is 7. The monoisotopic (exact) mass is 504 g/mol. The zero-order chi connectivity index (χ0) is 18.9. The fraction of sp³-hybridized carbons (Fsp3) is 0.389. The fourth-order valence-corrected chi connectivity index (χ4v) is 3.00. The van der Waals surface area contributed by atoms with Gasteiger partial charge in [0.05, 0.1) is 27.3 Å². The van der Waals surface area contributed by atoms with E-state index in [9.17, 15) is 4.79 Å². The van der Waals surface area contributed by atoms with Crippen LogP contribution in [0.3, 0.4) is 0 Å². The van der Waals surface area contributed by atoms with Gasteiger partial charge in [-0.2, -0.15) is 0 Å². The first kappa shape index (κ1) is 23.2. The van der Waals surface area contributed by atoms with Gasteiger partial charge in [-0.15, -0.1) is 35.3 Å². The maximum Gasteiger partial charge on any atom is 0.341 e. The molecular formula is C18H25IN4O3S. The molecule has 1 aromatic carbocycles. The topological polar surface area (TPSA) is 84.8 Å². The molecule has 1 aromatic heterocycles. The van der Waals surface area contributed by atoms with Gasteiger partial charge in [-0.3, -0.25) is 0 Å². The van der Waals surface area contributed by atoms with Crippen molar-refractivity contribution < 1.29 is 14.3 Å². The number of carbonyl (C=O) groups is 1. The van der Waals surface area contributed by atoms with E-state index in [0.717, 1.165) is 17.1 Å². The van der Waals surface area contributed by atoms with Crippen molar-refractivity contribution in [3.05, 3.63) is 45.4 Å². The molecule has 0 saturated carbocycles. The number of thiazole rings is 1. The minimum Gasteiger partial charge on any atom is -0.496 e. The van der Waals surface area contributed by atoms with Gasteiger partial charge >= 0.3 is 5.97 Å². The van der Waals surface area contributed by atoms with Gasteiger partial charge in [0.1, 0.15) is 16.3 Å². The van der Waals surface area contributed by atoms with Crippen LogP contribution in [0.5, 0.6) is 5.75 Å². The predicted octanol–water partition coefficient (Wildman–Crippen LogP) is 3.12. The molecule has 0 aliphatic carbocycles. The highest BCUT2D eigenvalue weighted by molar-refractivity contribution is 14.0. The molecule has 0 atom stereocenters. The van der Waals surface area contributed by atoms with Gasteiger partial charge in [0.25, 0.3) is 0 Å². The summed E-state index contributed by atoms with van der Waals surface area (Å²) in [5.41, 5.74) is 1.27. The van der Waals surface area contributed by atoms with E-state index < -0.39 is 5.97 Å². The zero-order valence-corrected chi connectivity index (χ0v) is 19.0. The highest BCUT2D eigenvalue weighted by atomic mass is 127. The van der Waals surface area contributed by atoms with Crippen LogP contribution >= 0.6 is 35.3 Å². The van der Waals surface area contributed by atoms with E-state index in [4.69, 9.17) is 9.47 Å². The van der Waals surface area contributed by atoms with Crippen molar-refractivity contribution in [1.82, 2.24) is 15.6 Å². The summed E-state index contributed by atoms with van der Waals surface area (Å²) in [5, 5.41) is 7.47. The van der Waals surface area contributed by atoms with Crippen molar-refractivity contribution in [1.29, 1.82) is 0 Å². The van der Waals surface area contributed by atoms with Gasteiger partial charge < -0.3 is 20.1 Å². The van der Waals surface area contributed by atoms with Crippen LogP contribution in [0.25, 0.3) is 0 Å². The Balaban J connectivity index is 0.00000364. The van der Waals surface area contributed by atoms with Gasteiger partial charge in [-0.1, -0.05) is 6.07 Å². The Morgan fingerprint density at radius 1 is 1.30 bits per heavy atom. The van der Waals surface area contributed by atoms with E-state index in [1.54, 1.807) is 23.5 Å². The number of benzene rings is 1. The van der Waals surface area contributed by atoms with Crippen molar-refractivity contribution in [3.63, 3.8) is 0 Å². The second-order valence-corrected chi connectivity index (χ2v) is 6.76. The van der Waals surface area contributed by atoms with E-state index in [1.165, 1.54) is 19.1 Å². The minimum atomic E-state index is -0.433. The Morgan fingerprint density at radius 2 is 2.07 bits per heavy atom. The first-order valence-corrected chi connectivity index (χ1v) is 9.07. The number of methoxy groups -OCH3 is 2.